The van der Waals surface area contributed by atoms with E-state index in [0.717, 1.165) is 5.69 Å². The van der Waals surface area contributed by atoms with Gasteiger partial charge in [-0.2, -0.15) is 0 Å². The van der Waals surface area contributed by atoms with Gasteiger partial charge in [-0.25, -0.2) is 0 Å². The van der Waals surface area contributed by atoms with Crippen LogP contribution in [0.15, 0.2) is 47.1 Å². The van der Waals surface area contributed by atoms with Crippen molar-refractivity contribution < 1.29 is 18.8 Å². The van der Waals surface area contributed by atoms with E-state index in [9.17, 15) is 14.4 Å². The highest BCUT2D eigenvalue weighted by Gasteiger charge is 2.37. The van der Waals surface area contributed by atoms with Crippen LogP contribution in [0.1, 0.15) is 23.4 Å². The Morgan fingerprint density at radius 3 is 2.59 bits per heavy atom. The molecule has 3 rings (SSSR count). The van der Waals surface area contributed by atoms with Crippen molar-refractivity contribution in [1.29, 1.82) is 0 Å². The van der Waals surface area contributed by atoms with Gasteiger partial charge in [-0.05, 0) is 32.3 Å². The first-order valence-corrected chi connectivity index (χ1v) is 8.55. The number of furan rings is 1. The minimum Gasteiger partial charge on any atom is -0.468 e. The van der Waals surface area contributed by atoms with Crippen LogP contribution in [0.2, 0.25) is 0 Å². The molecule has 3 amide bonds. The largest absolute Gasteiger partial charge is 0.468 e. The number of hydrogen-bond donors (Lipinski definition) is 2. The lowest BCUT2D eigenvalue weighted by atomic mass is 10.1. The third-order valence-electron chi connectivity index (χ3n) is 4.62. The molecule has 8 heteroatoms. The molecule has 2 N–H and O–H groups in total. The molecule has 8 nitrogen and oxygen atoms in total. The standard InChI is InChI=1S/C19H22N4O4/c1-22(2)14(15-9-6-10-27-15)11-20-17(24)18(25)21-16-12-7-4-5-8-13(12)23(3)19(16)26/h4-10,14,16H,11H2,1-3H3,(H,20,24)(H,21,25)/t14-,16-/m0/s1. The smallest absolute Gasteiger partial charge is 0.310 e. The lowest BCUT2D eigenvalue weighted by molar-refractivity contribution is -0.140. The number of amides is 3. The highest BCUT2D eigenvalue weighted by atomic mass is 16.3. The number of para-hydroxylation sites is 1. The summed E-state index contributed by atoms with van der Waals surface area (Å²) in [6.45, 7) is 0.196. The van der Waals surface area contributed by atoms with Crippen LogP contribution in [-0.2, 0) is 14.4 Å². The first-order valence-electron chi connectivity index (χ1n) is 8.55. The number of likely N-dealkylation sites (N-methyl/N-ethyl adjacent to an activating group) is 2. The fourth-order valence-corrected chi connectivity index (χ4v) is 3.11. The lowest BCUT2D eigenvalue weighted by Crippen LogP contribution is -2.45. The predicted molar refractivity (Wildman–Crippen MR) is 98.9 cm³/mol. The zero-order valence-electron chi connectivity index (χ0n) is 15.4. The highest BCUT2D eigenvalue weighted by molar-refractivity contribution is 6.35. The topological polar surface area (TPSA) is 94.9 Å². The van der Waals surface area contributed by atoms with E-state index in [0.29, 0.717) is 11.3 Å². The molecular weight excluding hydrogens is 348 g/mol. The number of hydrogen-bond acceptors (Lipinski definition) is 5. The SMILES string of the molecule is CN1C(=O)[C@@H](NC(=O)C(=O)NC[C@@H](c2ccco2)N(C)C)c2ccccc21. The summed E-state index contributed by atoms with van der Waals surface area (Å²) in [4.78, 5) is 40.3. The minimum atomic E-state index is -0.862. The van der Waals surface area contributed by atoms with Gasteiger partial charge in [-0.1, -0.05) is 18.2 Å². The molecule has 0 aliphatic carbocycles. The monoisotopic (exact) mass is 370 g/mol. The summed E-state index contributed by atoms with van der Waals surface area (Å²) in [6.07, 6.45) is 1.56. The molecule has 1 aliphatic rings. The van der Waals surface area contributed by atoms with Gasteiger partial charge in [0.2, 0.25) is 0 Å². The second kappa shape index (κ2) is 7.63. The van der Waals surface area contributed by atoms with Crippen LogP contribution in [0.5, 0.6) is 0 Å². The second-order valence-electron chi connectivity index (χ2n) is 6.57. The number of nitrogens with zero attached hydrogens (tertiary/aromatic N) is 2. The molecule has 142 valence electrons. The fourth-order valence-electron chi connectivity index (χ4n) is 3.11. The van der Waals surface area contributed by atoms with Gasteiger partial charge in [0.15, 0.2) is 0 Å². The van der Waals surface area contributed by atoms with Crippen molar-refractivity contribution in [2.45, 2.75) is 12.1 Å². The van der Waals surface area contributed by atoms with Crippen LogP contribution in [0.25, 0.3) is 0 Å². The normalized spacial score (nSPS) is 17.0. The van der Waals surface area contributed by atoms with E-state index in [-0.39, 0.29) is 18.5 Å². The Morgan fingerprint density at radius 2 is 1.93 bits per heavy atom. The summed E-state index contributed by atoms with van der Waals surface area (Å²) >= 11 is 0. The van der Waals surface area contributed by atoms with E-state index in [4.69, 9.17) is 4.42 Å². The van der Waals surface area contributed by atoms with E-state index in [1.165, 1.54) is 4.90 Å². The van der Waals surface area contributed by atoms with Crippen LogP contribution in [0.4, 0.5) is 5.69 Å². The Balaban J connectivity index is 1.63. The van der Waals surface area contributed by atoms with Gasteiger partial charge in [-0.3, -0.25) is 19.3 Å². The molecule has 2 atom stereocenters. The van der Waals surface area contributed by atoms with Crippen LogP contribution in [-0.4, -0.2) is 50.3 Å². The number of carbonyl (C=O) groups excluding carboxylic acids is 3. The fraction of sp³-hybridized carbons (Fsp3) is 0.316. The van der Waals surface area contributed by atoms with Gasteiger partial charge in [0, 0.05) is 24.8 Å². The number of nitrogens with one attached hydrogen (secondary N) is 2. The number of carbonyl (C=O) groups is 3. The molecule has 0 bridgehead atoms. The molecule has 27 heavy (non-hydrogen) atoms. The first kappa shape index (κ1) is 18.7. The Labute approximate surface area is 157 Å². The summed E-state index contributed by atoms with van der Waals surface area (Å²) in [7, 11) is 5.34. The molecule has 2 heterocycles. The Hall–Kier alpha value is -3.13. The maximum absolute atomic E-state index is 12.4. The Kier molecular flexibility index (Phi) is 5.27. The van der Waals surface area contributed by atoms with Gasteiger partial charge in [0.25, 0.3) is 5.91 Å². The summed E-state index contributed by atoms with van der Waals surface area (Å²) in [5, 5.41) is 5.12. The summed E-state index contributed by atoms with van der Waals surface area (Å²) < 4.78 is 5.38. The van der Waals surface area contributed by atoms with Crippen molar-refractivity contribution in [3.8, 4) is 0 Å². The van der Waals surface area contributed by atoms with Crippen LogP contribution in [0, 0.1) is 0 Å². The summed E-state index contributed by atoms with van der Waals surface area (Å²) in [6, 6.07) is 9.66. The highest BCUT2D eigenvalue weighted by Crippen LogP contribution is 2.34. The zero-order chi connectivity index (χ0) is 19.6. The average Bonchev–Trinajstić information content (AvgIpc) is 3.25. The Morgan fingerprint density at radius 1 is 1.19 bits per heavy atom. The van der Waals surface area contributed by atoms with Gasteiger partial charge in [0.05, 0.1) is 12.3 Å². The number of anilines is 1. The third-order valence-corrected chi connectivity index (χ3v) is 4.62. The van der Waals surface area contributed by atoms with E-state index in [2.05, 4.69) is 10.6 Å². The third kappa shape index (κ3) is 3.70. The zero-order valence-corrected chi connectivity index (χ0v) is 15.4. The van der Waals surface area contributed by atoms with Gasteiger partial charge in [0.1, 0.15) is 11.8 Å². The second-order valence-corrected chi connectivity index (χ2v) is 6.57. The van der Waals surface area contributed by atoms with Crippen molar-refractivity contribution in [2.75, 3.05) is 32.6 Å². The number of benzene rings is 1. The average molecular weight is 370 g/mol. The van der Waals surface area contributed by atoms with Gasteiger partial charge in [-0.15, -0.1) is 0 Å². The molecule has 1 aliphatic heterocycles. The van der Waals surface area contributed by atoms with E-state index in [1.807, 2.05) is 25.1 Å². The van der Waals surface area contributed by atoms with Crippen LogP contribution < -0.4 is 15.5 Å². The minimum absolute atomic E-state index is 0.196. The summed E-state index contributed by atoms with van der Waals surface area (Å²) in [5.74, 6) is -1.25. The van der Waals surface area contributed by atoms with Crippen molar-refractivity contribution in [3.05, 3.63) is 54.0 Å². The predicted octanol–water partition coefficient (Wildman–Crippen LogP) is 0.832. The molecule has 0 radical (unpaired) electrons. The van der Waals surface area contributed by atoms with E-state index in [1.54, 1.807) is 43.6 Å². The van der Waals surface area contributed by atoms with Gasteiger partial charge < -0.3 is 20.0 Å². The molecule has 1 aromatic heterocycles. The quantitative estimate of drug-likeness (QED) is 0.761. The maximum Gasteiger partial charge on any atom is 0.310 e. The molecule has 0 unspecified atom stereocenters. The van der Waals surface area contributed by atoms with Crippen LogP contribution in [0.3, 0.4) is 0 Å². The maximum atomic E-state index is 12.4. The van der Waals surface area contributed by atoms with Crippen molar-refractivity contribution >= 4 is 23.4 Å². The molecule has 0 fully saturated rings. The molecular formula is C19H22N4O4. The molecule has 0 saturated carbocycles. The molecule has 0 spiro atoms. The summed E-state index contributed by atoms with van der Waals surface area (Å²) in [5.41, 5.74) is 1.40. The van der Waals surface area contributed by atoms with Crippen molar-refractivity contribution in [3.63, 3.8) is 0 Å². The van der Waals surface area contributed by atoms with Crippen LogP contribution >= 0.6 is 0 Å². The molecule has 1 aromatic carbocycles. The first-order chi connectivity index (χ1) is 12.9. The molecule has 0 saturated heterocycles. The van der Waals surface area contributed by atoms with Gasteiger partial charge >= 0.3 is 11.8 Å². The number of fused-ring (bicyclic) bond motifs is 1. The van der Waals surface area contributed by atoms with E-state index < -0.39 is 17.9 Å². The number of rotatable bonds is 5. The lowest BCUT2D eigenvalue weighted by Gasteiger charge is -2.22. The van der Waals surface area contributed by atoms with Crippen molar-refractivity contribution in [1.82, 2.24) is 15.5 Å². The van der Waals surface area contributed by atoms with E-state index >= 15 is 0 Å². The molecule has 2 aromatic rings. The van der Waals surface area contributed by atoms with Crippen molar-refractivity contribution in [2.24, 2.45) is 0 Å². The Bertz CT molecular complexity index is 847.